The zero-order valence-corrected chi connectivity index (χ0v) is 10.4. The molecule has 84 valence electrons. The molecule has 0 unspecified atom stereocenters. The second kappa shape index (κ2) is 3.29. The zero-order chi connectivity index (χ0) is 11.3. The fourth-order valence-corrected chi connectivity index (χ4v) is 5.14. The summed E-state index contributed by atoms with van der Waals surface area (Å²) in [6.45, 7) is 2.89. The average Bonchev–Trinajstić information content (AvgIpc) is 2.69. The van der Waals surface area contributed by atoms with Crippen LogP contribution in [0.15, 0.2) is 28.5 Å². The largest absolute Gasteiger partial charge is 0.244 e. The molecule has 1 aliphatic heterocycles. The molecule has 1 aromatic heterocycles. The maximum Gasteiger partial charge on any atom is 0.244 e. The van der Waals surface area contributed by atoms with Gasteiger partial charge in [-0.15, -0.1) is 11.3 Å². The van der Waals surface area contributed by atoms with Gasteiger partial charge in [0.25, 0.3) is 0 Å². The maximum atomic E-state index is 12.2. The van der Waals surface area contributed by atoms with Crippen LogP contribution in [0.25, 0.3) is 10.1 Å². The number of benzene rings is 1. The second-order valence-electron chi connectivity index (χ2n) is 3.82. The van der Waals surface area contributed by atoms with Gasteiger partial charge in [-0.05, 0) is 11.6 Å². The first-order valence-corrected chi connectivity index (χ1v) is 7.46. The van der Waals surface area contributed by atoms with E-state index in [1.807, 2.05) is 25.1 Å². The van der Waals surface area contributed by atoms with Gasteiger partial charge in [0.2, 0.25) is 10.0 Å². The van der Waals surface area contributed by atoms with Crippen molar-refractivity contribution < 1.29 is 8.42 Å². The highest BCUT2D eigenvalue weighted by Gasteiger charge is 2.32. The van der Waals surface area contributed by atoms with Gasteiger partial charge in [0, 0.05) is 28.6 Å². The fourth-order valence-electron chi connectivity index (χ4n) is 2.15. The highest BCUT2D eigenvalue weighted by Crippen LogP contribution is 2.38. The Balaban J connectivity index is 2.42. The van der Waals surface area contributed by atoms with Gasteiger partial charge >= 0.3 is 0 Å². The Kier molecular flexibility index (Phi) is 2.11. The standard InChI is InChI=1S/C11H11NO2S2/c1-2-12-6-8-4-3-5-9-11(8)10(7-15-9)16(12,13)14/h3-5,7H,2,6H2,1H3. The summed E-state index contributed by atoms with van der Waals surface area (Å²) >= 11 is 1.50. The molecule has 3 rings (SSSR count). The fraction of sp³-hybridized carbons (Fsp3) is 0.273. The van der Waals surface area contributed by atoms with Crippen LogP contribution in [0.1, 0.15) is 12.5 Å². The molecule has 0 saturated carbocycles. The van der Waals surface area contributed by atoms with Gasteiger partial charge in [0.1, 0.15) is 4.90 Å². The van der Waals surface area contributed by atoms with Crippen molar-refractivity contribution in [3.63, 3.8) is 0 Å². The van der Waals surface area contributed by atoms with Crippen molar-refractivity contribution in [2.45, 2.75) is 18.4 Å². The van der Waals surface area contributed by atoms with Crippen molar-refractivity contribution in [1.29, 1.82) is 0 Å². The third kappa shape index (κ3) is 1.19. The number of nitrogens with zero attached hydrogens (tertiary/aromatic N) is 1. The van der Waals surface area contributed by atoms with Crippen LogP contribution in [-0.4, -0.2) is 19.3 Å². The minimum atomic E-state index is -3.25. The third-order valence-corrected chi connectivity index (χ3v) is 6.01. The van der Waals surface area contributed by atoms with E-state index in [-0.39, 0.29) is 0 Å². The minimum absolute atomic E-state index is 0.483. The topological polar surface area (TPSA) is 37.4 Å². The number of hydrogen-bond donors (Lipinski definition) is 0. The molecule has 0 atom stereocenters. The quantitative estimate of drug-likeness (QED) is 0.782. The predicted molar refractivity (Wildman–Crippen MR) is 65.1 cm³/mol. The normalized spacial score (nSPS) is 19.1. The van der Waals surface area contributed by atoms with Gasteiger partial charge in [0.05, 0.1) is 0 Å². The molecule has 0 N–H and O–H groups in total. The molecule has 0 saturated heterocycles. The van der Waals surface area contributed by atoms with Gasteiger partial charge in [0.15, 0.2) is 0 Å². The second-order valence-corrected chi connectivity index (χ2v) is 6.64. The van der Waals surface area contributed by atoms with E-state index in [2.05, 4.69) is 0 Å². The summed E-state index contributed by atoms with van der Waals surface area (Å²) < 4.78 is 27.0. The van der Waals surface area contributed by atoms with E-state index < -0.39 is 10.0 Å². The van der Waals surface area contributed by atoms with E-state index in [9.17, 15) is 8.42 Å². The lowest BCUT2D eigenvalue weighted by molar-refractivity contribution is 0.420. The smallest absolute Gasteiger partial charge is 0.207 e. The van der Waals surface area contributed by atoms with E-state index >= 15 is 0 Å². The number of rotatable bonds is 1. The molecule has 0 amide bonds. The Hall–Kier alpha value is -0.910. The van der Waals surface area contributed by atoms with E-state index in [0.717, 1.165) is 15.6 Å². The molecule has 2 heterocycles. The average molecular weight is 253 g/mol. The summed E-state index contributed by atoms with van der Waals surface area (Å²) in [5, 5.41) is 2.68. The van der Waals surface area contributed by atoms with Crippen molar-refractivity contribution >= 4 is 31.4 Å². The van der Waals surface area contributed by atoms with Gasteiger partial charge in [-0.3, -0.25) is 0 Å². The van der Waals surface area contributed by atoms with E-state index in [1.54, 1.807) is 5.38 Å². The van der Waals surface area contributed by atoms with E-state index in [0.29, 0.717) is 18.0 Å². The summed E-state index contributed by atoms with van der Waals surface area (Å²) in [5.74, 6) is 0. The van der Waals surface area contributed by atoms with Crippen LogP contribution < -0.4 is 0 Å². The molecule has 0 spiro atoms. The molecule has 0 aliphatic carbocycles. The Morgan fingerprint density at radius 1 is 1.44 bits per heavy atom. The number of thiophene rings is 1. The molecular weight excluding hydrogens is 242 g/mol. The highest BCUT2D eigenvalue weighted by atomic mass is 32.2. The first-order chi connectivity index (χ1) is 7.64. The molecule has 1 aromatic carbocycles. The Bertz CT molecular complexity index is 658. The van der Waals surface area contributed by atoms with Gasteiger partial charge in [-0.1, -0.05) is 19.1 Å². The lowest BCUT2D eigenvalue weighted by Gasteiger charge is -2.25. The van der Waals surface area contributed by atoms with Crippen molar-refractivity contribution in [2.75, 3.05) is 6.54 Å². The van der Waals surface area contributed by atoms with Crippen molar-refractivity contribution in [2.24, 2.45) is 0 Å². The Morgan fingerprint density at radius 2 is 2.25 bits per heavy atom. The monoisotopic (exact) mass is 253 g/mol. The van der Waals surface area contributed by atoms with Crippen molar-refractivity contribution in [1.82, 2.24) is 4.31 Å². The molecule has 5 heteroatoms. The van der Waals surface area contributed by atoms with E-state index in [1.165, 1.54) is 15.6 Å². The Labute approximate surface area is 98.4 Å². The zero-order valence-electron chi connectivity index (χ0n) is 8.80. The van der Waals surface area contributed by atoms with Crippen LogP contribution in [0.5, 0.6) is 0 Å². The molecule has 3 nitrogen and oxygen atoms in total. The molecule has 0 radical (unpaired) electrons. The summed E-state index contributed by atoms with van der Waals surface area (Å²) in [6.07, 6.45) is 0. The molecule has 16 heavy (non-hydrogen) atoms. The number of sulfonamides is 1. The van der Waals surface area contributed by atoms with Crippen LogP contribution in [-0.2, 0) is 16.6 Å². The Morgan fingerprint density at radius 3 is 3.00 bits per heavy atom. The van der Waals surface area contributed by atoms with Crippen LogP contribution in [0.3, 0.4) is 0 Å². The number of hydrogen-bond acceptors (Lipinski definition) is 3. The first-order valence-electron chi connectivity index (χ1n) is 5.14. The highest BCUT2D eigenvalue weighted by molar-refractivity contribution is 7.89. The summed E-state index contributed by atoms with van der Waals surface area (Å²) in [5.41, 5.74) is 1.12. The lowest BCUT2D eigenvalue weighted by Crippen LogP contribution is -2.33. The first kappa shape index (κ1) is 10.3. The van der Waals surface area contributed by atoms with Crippen LogP contribution in [0.4, 0.5) is 0 Å². The minimum Gasteiger partial charge on any atom is -0.207 e. The molecular formula is C11H11NO2S2. The molecule has 0 bridgehead atoms. The summed E-state index contributed by atoms with van der Waals surface area (Å²) in [4.78, 5) is 0.483. The predicted octanol–water partition coefficient (Wildman–Crippen LogP) is 2.43. The van der Waals surface area contributed by atoms with E-state index in [4.69, 9.17) is 0 Å². The maximum absolute atomic E-state index is 12.2. The van der Waals surface area contributed by atoms with Gasteiger partial charge < -0.3 is 0 Å². The molecule has 2 aromatic rings. The molecule has 0 fully saturated rings. The SMILES string of the molecule is CCN1Cc2cccc3scc(c23)S1(=O)=O. The third-order valence-electron chi connectivity index (χ3n) is 2.97. The molecule has 1 aliphatic rings. The summed E-state index contributed by atoms with van der Waals surface area (Å²) in [6, 6.07) is 5.98. The van der Waals surface area contributed by atoms with Crippen LogP contribution in [0, 0.1) is 0 Å². The van der Waals surface area contributed by atoms with Crippen LogP contribution in [0.2, 0.25) is 0 Å². The van der Waals surface area contributed by atoms with Gasteiger partial charge in [-0.25, -0.2) is 8.42 Å². The van der Waals surface area contributed by atoms with Gasteiger partial charge in [-0.2, -0.15) is 4.31 Å². The van der Waals surface area contributed by atoms with Crippen LogP contribution >= 0.6 is 11.3 Å². The summed E-state index contributed by atoms with van der Waals surface area (Å²) in [7, 11) is -3.25. The lowest BCUT2D eigenvalue weighted by atomic mass is 10.1. The van der Waals surface area contributed by atoms with Crippen molar-refractivity contribution in [3.8, 4) is 0 Å². The van der Waals surface area contributed by atoms with Crippen molar-refractivity contribution in [3.05, 3.63) is 29.1 Å².